The van der Waals surface area contributed by atoms with Crippen LogP contribution in [0.15, 0.2) is 6.20 Å². The van der Waals surface area contributed by atoms with Crippen LogP contribution >= 0.6 is 0 Å². The maximum absolute atomic E-state index is 10.2. The molecule has 11 heavy (non-hydrogen) atoms. The number of carboxylic acids is 1. The minimum atomic E-state index is -1.02. The summed E-state index contributed by atoms with van der Waals surface area (Å²) in [5.41, 5.74) is 0.575. The standard InChI is InChI=1S/C6H8N2O3/c1-4-2-7-8(6(4)11)3-5(9)10/h2,11H,3H2,1H3,(H,9,10). The van der Waals surface area contributed by atoms with E-state index in [1.165, 1.54) is 6.20 Å². The van der Waals surface area contributed by atoms with Crippen LogP contribution in [-0.2, 0) is 11.3 Å². The SMILES string of the molecule is Cc1cnn(CC(=O)O)c1O. The molecule has 0 aliphatic heterocycles. The second-order valence-corrected chi connectivity index (χ2v) is 2.20. The van der Waals surface area contributed by atoms with Gasteiger partial charge in [0.2, 0.25) is 5.88 Å². The van der Waals surface area contributed by atoms with Crippen LogP contribution in [-0.4, -0.2) is 26.0 Å². The average molecular weight is 156 g/mol. The normalized spacial score (nSPS) is 9.91. The molecular formula is C6H8N2O3. The summed E-state index contributed by atoms with van der Waals surface area (Å²) in [6.45, 7) is 1.35. The molecule has 0 fully saturated rings. The zero-order valence-corrected chi connectivity index (χ0v) is 5.98. The molecule has 0 saturated carbocycles. The van der Waals surface area contributed by atoms with Crippen molar-refractivity contribution < 1.29 is 15.0 Å². The lowest BCUT2D eigenvalue weighted by atomic mass is 10.4. The third-order valence-corrected chi connectivity index (χ3v) is 1.27. The van der Waals surface area contributed by atoms with Gasteiger partial charge in [0.25, 0.3) is 0 Å². The van der Waals surface area contributed by atoms with Crippen molar-refractivity contribution >= 4 is 5.97 Å². The van der Waals surface area contributed by atoms with Crippen LogP contribution in [0.4, 0.5) is 0 Å². The van der Waals surface area contributed by atoms with Gasteiger partial charge >= 0.3 is 5.97 Å². The van der Waals surface area contributed by atoms with E-state index in [0.29, 0.717) is 5.56 Å². The van der Waals surface area contributed by atoms with E-state index in [2.05, 4.69) is 5.10 Å². The highest BCUT2D eigenvalue weighted by molar-refractivity contribution is 5.66. The molecule has 0 saturated heterocycles. The number of hydrogen-bond donors (Lipinski definition) is 2. The Labute approximate surface area is 62.9 Å². The number of carbonyl (C=O) groups is 1. The molecule has 5 nitrogen and oxygen atoms in total. The van der Waals surface area contributed by atoms with Crippen LogP contribution in [0.25, 0.3) is 0 Å². The van der Waals surface area contributed by atoms with Gasteiger partial charge in [0, 0.05) is 5.56 Å². The molecule has 1 aromatic heterocycles. The number of aromatic nitrogens is 2. The van der Waals surface area contributed by atoms with Gasteiger partial charge in [-0.1, -0.05) is 0 Å². The van der Waals surface area contributed by atoms with Gasteiger partial charge in [0.05, 0.1) is 6.20 Å². The largest absolute Gasteiger partial charge is 0.493 e. The Morgan fingerprint density at radius 3 is 2.82 bits per heavy atom. The predicted octanol–water partition coefficient (Wildman–Crippen LogP) is -0.0183. The summed E-state index contributed by atoms with van der Waals surface area (Å²) in [6, 6.07) is 0. The quantitative estimate of drug-likeness (QED) is 0.631. The van der Waals surface area contributed by atoms with Crippen LogP contribution in [0.1, 0.15) is 5.56 Å². The lowest BCUT2D eigenvalue weighted by molar-refractivity contribution is -0.138. The summed E-state index contributed by atoms with van der Waals surface area (Å²) >= 11 is 0. The molecule has 0 aliphatic carbocycles. The number of aryl methyl sites for hydroxylation is 1. The number of rotatable bonds is 2. The van der Waals surface area contributed by atoms with Gasteiger partial charge in [0.15, 0.2) is 0 Å². The van der Waals surface area contributed by atoms with E-state index >= 15 is 0 Å². The summed E-state index contributed by atoms with van der Waals surface area (Å²) in [6.07, 6.45) is 1.41. The Bertz CT molecular complexity index is 279. The lowest BCUT2D eigenvalue weighted by Crippen LogP contribution is -2.09. The number of aromatic hydroxyl groups is 1. The van der Waals surface area contributed by atoms with Crippen LogP contribution < -0.4 is 0 Å². The summed E-state index contributed by atoms with van der Waals surface area (Å²) < 4.78 is 1.03. The van der Waals surface area contributed by atoms with Gasteiger partial charge in [-0.3, -0.25) is 4.79 Å². The molecule has 60 valence electrons. The van der Waals surface area contributed by atoms with Crippen molar-refractivity contribution in [1.82, 2.24) is 9.78 Å². The number of aliphatic carboxylic acids is 1. The van der Waals surface area contributed by atoms with E-state index < -0.39 is 5.97 Å². The first-order valence-electron chi connectivity index (χ1n) is 3.04. The van der Waals surface area contributed by atoms with Crippen molar-refractivity contribution in [2.24, 2.45) is 0 Å². The van der Waals surface area contributed by atoms with E-state index in [-0.39, 0.29) is 12.4 Å². The number of carboxylic acid groups (broad SMARTS) is 1. The van der Waals surface area contributed by atoms with Gasteiger partial charge in [-0.2, -0.15) is 5.10 Å². The van der Waals surface area contributed by atoms with Gasteiger partial charge in [0.1, 0.15) is 6.54 Å². The molecule has 0 bridgehead atoms. The smallest absolute Gasteiger partial charge is 0.325 e. The second kappa shape index (κ2) is 2.61. The van der Waals surface area contributed by atoms with Gasteiger partial charge in [-0.25, -0.2) is 4.68 Å². The number of hydrogen-bond acceptors (Lipinski definition) is 3. The molecule has 1 rings (SSSR count). The van der Waals surface area contributed by atoms with Crippen molar-refractivity contribution in [3.8, 4) is 5.88 Å². The highest BCUT2D eigenvalue weighted by atomic mass is 16.4. The van der Waals surface area contributed by atoms with E-state index in [4.69, 9.17) is 10.2 Å². The second-order valence-electron chi connectivity index (χ2n) is 2.20. The minimum Gasteiger partial charge on any atom is -0.493 e. The number of nitrogens with zero attached hydrogens (tertiary/aromatic N) is 2. The molecule has 0 atom stereocenters. The Kier molecular flexibility index (Phi) is 1.80. The Hall–Kier alpha value is -1.52. The zero-order valence-electron chi connectivity index (χ0n) is 5.98. The van der Waals surface area contributed by atoms with Crippen molar-refractivity contribution in [3.63, 3.8) is 0 Å². The fourth-order valence-electron chi connectivity index (χ4n) is 0.716. The predicted molar refractivity (Wildman–Crippen MR) is 36.3 cm³/mol. The molecule has 1 aromatic rings. The molecule has 0 unspecified atom stereocenters. The van der Waals surface area contributed by atoms with Crippen molar-refractivity contribution in [2.75, 3.05) is 0 Å². The van der Waals surface area contributed by atoms with E-state index in [1.807, 2.05) is 0 Å². The van der Waals surface area contributed by atoms with Crippen molar-refractivity contribution in [1.29, 1.82) is 0 Å². The summed E-state index contributed by atoms with van der Waals surface area (Å²) in [5.74, 6) is -1.11. The van der Waals surface area contributed by atoms with E-state index in [9.17, 15) is 4.79 Å². The zero-order chi connectivity index (χ0) is 8.43. The third kappa shape index (κ3) is 1.49. The first-order chi connectivity index (χ1) is 5.11. The van der Waals surface area contributed by atoms with Crippen LogP contribution in [0.5, 0.6) is 5.88 Å². The molecule has 5 heteroatoms. The maximum Gasteiger partial charge on any atom is 0.325 e. The summed E-state index contributed by atoms with van der Waals surface area (Å²) in [5, 5.41) is 21.1. The van der Waals surface area contributed by atoms with E-state index in [1.54, 1.807) is 6.92 Å². The van der Waals surface area contributed by atoms with Crippen molar-refractivity contribution in [2.45, 2.75) is 13.5 Å². The lowest BCUT2D eigenvalue weighted by Gasteiger charge is -1.97. The first-order valence-corrected chi connectivity index (χ1v) is 3.04. The van der Waals surface area contributed by atoms with Crippen LogP contribution in [0, 0.1) is 6.92 Å². The first kappa shape index (κ1) is 7.59. The summed E-state index contributed by atoms with van der Waals surface area (Å²) in [7, 11) is 0. The van der Waals surface area contributed by atoms with Gasteiger partial charge < -0.3 is 10.2 Å². The monoisotopic (exact) mass is 156 g/mol. The van der Waals surface area contributed by atoms with Crippen LogP contribution in [0.3, 0.4) is 0 Å². The molecule has 0 aliphatic rings. The molecule has 0 spiro atoms. The highest BCUT2D eigenvalue weighted by Gasteiger charge is 2.07. The van der Waals surface area contributed by atoms with E-state index in [0.717, 1.165) is 4.68 Å². The fraction of sp³-hybridized carbons (Fsp3) is 0.333. The maximum atomic E-state index is 10.2. The molecule has 0 aromatic carbocycles. The Balaban J connectivity index is 2.87. The topological polar surface area (TPSA) is 75.4 Å². The Morgan fingerprint density at radius 2 is 2.45 bits per heavy atom. The highest BCUT2D eigenvalue weighted by Crippen LogP contribution is 2.13. The molecule has 0 amide bonds. The van der Waals surface area contributed by atoms with Gasteiger partial charge in [-0.05, 0) is 6.92 Å². The van der Waals surface area contributed by atoms with Crippen molar-refractivity contribution in [3.05, 3.63) is 11.8 Å². The fourth-order valence-corrected chi connectivity index (χ4v) is 0.716. The molecule has 2 N–H and O–H groups in total. The van der Waals surface area contributed by atoms with Crippen LogP contribution in [0.2, 0.25) is 0 Å². The molecule has 0 radical (unpaired) electrons. The molecular weight excluding hydrogens is 148 g/mol. The molecule has 1 heterocycles. The average Bonchev–Trinajstić information content (AvgIpc) is 2.18. The summed E-state index contributed by atoms with van der Waals surface area (Å²) in [4.78, 5) is 10.2. The van der Waals surface area contributed by atoms with Gasteiger partial charge in [-0.15, -0.1) is 0 Å². The Morgan fingerprint density at radius 1 is 1.82 bits per heavy atom. The minimum absolute atomic E-state index is 0.0904. The third-order valence-electron chi connectivity index (χ3n) is 1.27.